The molecule has 1 aromatic heterocycles. The number of nitrogens with zero attached hydrogens (tertiary/aromatic N) is 1. The monoisotopic (exact) mass is 338 g/mol. The van der Waals surface area contributed by atoms with E-state index in [1.165, 1.54) is 12.3 Å². The molecule has 0 amide bonds. The Labute approximate surface area is 137 Å². The molecule has 0 saturated heterocycles. The first-order valence-electron chi connectivity index (χ1n) is 7.96. The molecule has 23 heavy (non-hydrogen) atoms. The number of nitrogens with one attached hydrogen (secondary N) is 1. The summed E-state index contributed by atoms with van der Waals surface area (Å²) in [6.45, 7) is 1.94. The zero-order valence-electron chi connectivity index (χ0n) is 13.0. The number of rotatable bonds is 4. The minimum atomic E-state index is -0.799. The van der Waals surface area contributed by atoms with Crippen molar-refractivity contribution in [2.75, 3.05) is 11.1 Å². The number of halogens is 2. The van der Waals surface area contributed by atoms with Crippen molar-refractivity contribution in [3.05, 3.63) is 36.0 Å². The second-order valence-corrected chi connectivity index (χ2v) is 7.95. The van der Waals surface area contributed by atoms with Gasteiger partial charge in [0.25, 0.3) is 0 Å². The summed E-state index contributed by atoms with van der Waals surface area (Å²) in [5.41, 5.74) is 0.849. The smallest absolute Gasteiger partial charge is 0.152 e. The lowest BCUT2D eigenvalue weighted by molar-refractivity contribution is 0.465. The van der Waals surface area contributed by atoms with E-state index >= 15 is 0 Å². The van der Waals surface area contributed by atoms with Gasteiger partial charge in [-0.15, -0.1) is 0 Å². The Hall–Kier alpha value is -1.56. The minimum Gasteiger partial charge on any atom is -0.382 e. The van der Waals surface area contributed by atoms with E-state index in [1.54, 1.807) is 6.07 Å². The summed E-state index contributed by atoms with van der Waals surface area (Å²) in [5.74, 6) is -0.594. The Balaban J connectivity index is 1.85. The van der Waals surface area contributed by atoms with Crippen LogP contribution in [0.25, 0.3) is 10.9 Å². The molecule has 2 aromatic rings. The van der Waals surface area contributed by atoms with Gasteiger partial charge in [0.15, 0.2) is 5.82 Å². The van der Waals surface area contributed by atoms with Gasteiger partial charge in [0.2, 0.25) is 0 Å². The molecule has 1 aliphatic rings. The Bertz CT molecular complexity index is 738. The zero-order valence-corrected chi connectivity index (χ0v) is 13.8. The van der Waals surface area contributed by atoms with Crippen LogP contribution in [-0.2, 0) is 10.8 Å². The molecule has 1 saturated carbocycles. The molecule has 0 spiro atoms. The molecule has 3 unspecified atom stereocenters. The lowest BCUT2D eigenvalue weighted by Crippen LogP contribution is -2.33. The summed E-state index contributed by atoms with van der Waals surface area (Å²) < 4.78 is 39.4. The fourth-order valence-electron chi connectivity index (χ4n) is 3.27. The van der Waals surface area contributed by atoms with Crippen LogP contribution in [0, 0.1) is 11.6 Å². The first-order valence-corrected chi connectivity index (χ1v) is 9.34. The summed E-state index contributed by atoms with van der Waals surface area (Å²) in [7, 11) is -0.799. The van der Waals surface area contributed by atoms with Crippen molar-refractivity contribution in [2.45, 2.75) is 43.9 Å². The molecule has 3 nitrogen and oxygen atoms in total. The number of benzene rings is 1. The highest BCUT2D eigenvalue weighted by atomic mass is 32.2. The van der Waals surface area contributed by atoms with Crippen molar-refractivity contribution >= 4 is 27.4 Å². The van der Waals surface area contributed by atoms with E-state index in [-0.39, 0.29) is 16.8 Å². The third kappa shape index (κ3) is 3.52. The standard InChI is InChI=1S/C17H20F2N2OS/c1-2-23(22)13-5-3-4-12(10-13)21-16-6-7-20-17-14(16)8-11(18)9-15(17)19/h6-9,12-13H,2-5,10H2,1H3,(H,20,21). The Morgan fingerprint density at radius 1 is 1.35 bits per heavy atom. The van der Waals surface area contributed by atoms with Crippen molar-refractivity contribution in [1.29, 1.82) is 0 Å². The average molecular weight is 338 g/mol. The lowest BCUT2D eigenvalue weighted by Gasteiger charge is -2.30. The van der Waals surface area contributed by atoms with Gasteiger partial charge in [-0.1, -0.05) is 13.3 Å². The average Bonchev–Trinajstić information content (AvgIpc) is 2.55. The second kappa shape index (κ2) is 6.91. The molecule has 6 heteroatoms. The van der Waals surface area contributed by atoms with Crippen LogP contribution in [0.5, 0.6) is 0 Å². The molecule has 1 N–H and O–H groups in total. The van der Waals surface area contributed by atoms with Crippen molar-refractivity contribution in [2.24, 2.45) is 0 Å². The second-order valence-electron chi connectivity index (χ2n) is 5.94. The molecule has 3 atom stereocenters. The van der Waals surface area contributed by atoms with E-state index in [2.05, 4.69) is 10.3 Å². The maximum absolute atomic E-state index is 13.8. The van der Waals surface area contributed by atoms with E-state index in [4.69, 9.17) is 0 Å². The normalized spacial score (nSPS) is 22.9. The molecular weight excluding hydrogens is 318 g/mol. The van der Waals surface area contributed by atoms with E-state index < -0.39 is 22.4 Å². The van der Waals surface area contributed by atoms with Gasteiger partial charge < -0.3 is 5.32 Å². The van der Waals surface area contributed by atoms with Gasteiger partial charge in [-0.05, 0) is 31.4 Å². The molecule has 1 fully saturated rings. The Kier molecular flexibility index (Phi) is 4.90. The van der Waals surface area contributed by atoms with Crippen LogP contribution in [0.3, 0.4) is 0 Å². The van der Waals surface area contributed by atoms with Crippen LogP contribution in [0.2, 0.25) is 0 Å². The topological polar surface area (TPSA) is 42.0 Å². The minimum absolute atomic E-state index is 0.167. The molecular formula is C17H20F2N2OS. The molecule has 0 aliphatic heterocycles. The maximum atomic E-state index is 13.8. The van der Waals surface area contributed by atoms with Gasteiger partial charge in [-0.3, -0.25) is 9.19 Å². The Morgan fingerprint density at radius 2 is 2.17 bits per heavy atom. The lowest BCUT2D eigenvalue weighted by atomic mass is 9.94. The van der Waals surface area contributed by atoms with Crippen LogP contribution in [0.15, 0.2) is 24.4 Å². The highest BCUT2D eigenvalue weighted by Gasteiger charge is 2.25. The molecule has 3 rings (SSSR count). The van der Waals surface area contributed by atoms with Crippen molar-refractivity contribution in [3.63, 3.8) is 0 Å². The van der Waals surface area contributed by atoms with Gasteiger partial charge in [0.1, 0.15) is 11.3 Å². The van der Waals surface area contributed by atoms with Crippen LogP contribution in [0.4, 0.5) is 14.5 Å². The summed E-state index contributed by atoms with van der Waals surface area (Å²) in [5, 5.41) is 4.03. The fraction of sp³-hybridized carbons (Fsp3) is 0.471. The molecule has 1 heterocycles. The number of aromatic nitrogens is 1. The predicted molar refractivity (Wildman–Crippen MR) is 90.0 cm³/mol. The van der Waals surface area contributed by atoms with E-state index in [0.717, 1.165) is 31.7 Å². The van der Waals surface area contributed by atoms with Gasteiger partial charge in [-0.2, -0.15) is 0 Å². The number of hydrogen-bond donors (Lipinski definition) is 1. The molecule has 124 valence electrons. The third-order valence-corrected chi connectivity index (χ3v) is 6.15. The van der Waals surface area contributed by atoms with E-state index in [1.807, 2.05) is 6.92 Å². The van der Waals surface area contributed by atoms with Crippen LogP contribution in [0.1, 0.15) is 32.6 Å². The molecule has 0 bridgehead atoms. The molecule has 1 aromatic carbocycles. The number of fused-ring (bicyclic) bond motifs is 1. The first kappa shape index (κ1) is 16.3. The van der Waals surface area contributed by atoms with Gasteiger partial charge in [0, 0.05) is 51.2 Å². The number of hydrogen-bond acceptors (Lipinski definition) is 3. The predicted octanol–water partition coefficient (Wildman–Crippen LogP) is 4.00. The summed E-state index contributed by atoms with van der Waals surface area (Å²) in [6, 6.07) is 4.06. The largest absolute Gasteiger partial charge is 0.382 e. The van der Waals surface area contributed by atoms with Gasteiger partial charge >= 0.3 is 0 Å². The number of pyridine rings is 1. The van der Waals surface area contributed by atoms with E-state index in [9.17, 15) is 13.0 Å². The Morgan fingerprint density at radius 3 is 2.96 bits per heavy atom. The van der Waals surface area contributed by atoms with Crippen molar-refractivity contribution in [3.8, 4) is 0 Å². The first-order chi connectivity index (χ1) is 11.1. The van der Waals surface area contributed by atoms with Crippen molar-refractivity contribution < 1.29 is 13.0 Å². The summed E-state index contributed by atoms with van der Waals surface area (Å²) in [4.78, 5) is 4.00. The highest BCUT2D eigenvalue weighted by molar-refractivity contribution is 7.85. The van der Waals surface area contributed by atoms with E-state index in [0.29, 0.717) is 16.8 Å². The summed E-state index contributed by atoms with van der Waals surface area (Å²) in [6.07, 6.45) is 5.32. The van der Waals surface area contributed by atoms with Crippen LogP contribution < -0.4 is 5.32 Å². The fourth-order valence-corrected chi connectivity index (χ4v) is 4.62. The van der Waals surface area contributed by atoms with Crippen molar-refractivity contribution in [1.82, 2.24) is 4.98 Å². The summed E-state index contributed by atoms with van der Waals surface area (Å²) >= 11 is 0. The SMILES string of the molecule is CCS(=O)C1CCCC(Nc2ccnc3c(F)cc(F)cc23)C1. The molecule has 1 aliphatic carbocycles. The zero-order chi connectivity index (χ0) is 16.4. The van der Waals surface area contributed by atoms with Gasteiger partial charge in [0.05, 0.1) is 0 Å². The number of anilines is 1. The molecule has 0 radical (unpaired) electrons. The van der Waals surface area contributed by atoms with Gasteiger partial charge in [-0.25, -0.2) is 8.78 Å². The van der Waals surface area contributed by atoms with Crippen LogP contribution in [-0.4, -0.2) is 26.2 Å². The quantitative estimate of drug-likeness (QED) is 0.916. The maximum Gasteiger partial charge on any atom is 0.152 e. The third-order valence-electron chi connectivity index (χ3n) is 4.41. The highest BCUT2D eigenvalue weighted by Crippen LogP contribution is 2.29. The van der Waals surface area contributed by atoms with Crippen LogP contribution >= 0.6 is 0 Å².